The zero-order chi connectivity index (χ0) is 21.5. The molecule has 4 nitrogen and oxygen atoms in total. The summed E-state index contributed by atoms with van der Waals surface area (Å²) < 4.78 is 1.84. The molecule has 0 N–H and O–H groups in total. The third-order valence-electron chi connectivity index (χ3n) is 6.07. The van der Waals surface area contributed by atoms with Crippen LogP contribution in [0.25, 0.3) is 32.4 Å². The second-order valence-corrected chi connectivity index (χ2v) is 9.91. The number of para-hydroxylation sites is 2. The van der Waals surface area contributed by atoms with E-state index in [4.69, 9.17) is 9.97 Å². The highest BCUT2D eigenvalue weighted by atomic mass is 32.2. The number of fused-ring (bicyclic) bond motifs is 4. The Bertz CT molecular complexity index is 1400. The number of aryl methyl sites for hydroxylation is 1. The molecule has 0 aliphatic heterocycles. The number of rotatable bonds is 4. The maximum Gasteiger partial charge on any atom is 0.242 e. The van der Waals surface area contributed by atoms with Gasteiger partial charge in [-0.3, -0.25) is 9.36 Å². The van der Waals surface area contributed by atoms with Gasteiger partial charge in [-0.05, 0) is 49.3 Å². The number of nitrogens with zero attached hydrogens (tertiary/aromatic N) is 3. The molecule has 0 saturated carbocycles. The van der Waals surface area contributed by atoms with Crippen molar-refractivity contribution >= 4 is 50.8 Å². The Morgan fingerprint density at radius 1 is 0.906 bits per heavy atom. The van der Waals surface area contributed by atoms with E-state index in [-0.39, 0.29) is 5.91 Å². The summed E-state index contributed by atoms with van der Waals surface area (Å²) in [4.78, 5) is 24.3. The van der Waals surface area contributed by atoms with E-state index in [1.54, 1.807) is 11.3 Å². The quantitative estimate of drug-likeness (QED) is 0.226. The molecule has 6 rings (SSSR count). The van der Waals surface area contributed by atoms with Gasteiger partial charge in [-0.1, -0.05) is 54.2 Å². The van der Waals surface area contributed by atoms with Gasteiger partial charge in [0.15, 0.2) is 5.16 Å². The van der Waals surface area contributed by atoms with Crippen molar-refractivity contribution in [3.05, 3.63) is 77.3 Å². The van der Waals surface area contributed by atoms with Crippen LogP contribution in [0.2, 0.25) is 0 Å². The van der Waals surface area contributed by atoms with Crippen LogP contribution in [0.4, 0.5) is 0 Å². The molecule has 0 saturated heterocycles. The molecule has 0 fully saturated rings. The highest BCUT2D eigenvalue weighted by Crippen LogP contribution is 2.34. The van der Waals surface area contributed by atoms with Gasteiger partial charge >= 0.3 is 0 Å². The van der Waals surface area contributed by atoms with E-state index < -0.39 is 0 Å². The summed E-state index contributed by atoms with van der Waals surface area (Å²) >= 11 is 3.15. The van der Waals surface area contributed by atoms with Crippen molar-refractivity contribution in [3.8, 4) is 10.6 Å². The smallest absolute Gasteiger partial charge is 0.242 e. The molecule has 5 aromatic rings. The van der Waals surface area contributed by atoms with Crippen molar-refractivity contribution in [2.24, 2.45) is 0 Å². The Kier molecular flexibility index (Phi) is 5.04. The molecule has 3 heterocycles. The average molecular weight is 456 g/mol. The number of aromatic nitrogens is 3. The fourth-order valence-electron chi connectivity index (χ4n) is 4.64. The number of hydrogen-bond acceptors (Lipinski definition) is 5. The number of thiophene rings is 1. The van der Waals surface area contributed by atoms with Gasteiger partial charge in [0, 0.05) is 22.0 Å². The molecule has 3 aromatic heterocycles. The highest BCUT2D eigenvalue weighted by Gasteiger charge is 2.21. The van der Waals surface area contributed by atoms with Crippen LogP contribution in [0.5, 0.6) is 0 Å². The summed E-state index contributed by atoms with van der Waals surface area (Å²) in [5.74, 6) is 0.345. The molecule has 1 aliphatic carbocycles. The number of carbonyl (C=O) groups excluding carboxylic acids is 1. The molecule has 0 amide bonds. The first-order valence-electron chi connectivity index (χ1n) is 10.9. The first-order chi connectivity index (χ1) is 15.8. The van der Waals surface area contributed by atoms with Crippen LogP contribution < -0.4 is 0 Å². The lowest BCUT2D eigenvalue weighted by atomic mass is 9.94. The third-order valence-corrected chi connectivity index (χ3v) is 7.78. The van der Waals surface area contributed by atoms with E-state index in [1.807, 2.05) is 41.0 Å². The molecule has 32 heavy (non-hydrogen) atoms. The summed E-state index contributed by atoms with van der Waals surface area (Å²) in [5.41, 5.74) is 5.39. The number of thioether (sulfide) groups is 1. The first-order valence-corrected chi connectivity index (χ1v) is 12.7. The molecule has 0 unspecified atom stereocenters. The SMILES string of the molecule is O=C(CSc1nc2c(c(-c3cccs3)n1)CCCC2)n1c2ccccc2c2ccccc21. The minimum Gasteiger partial charge on any atom is -0.279 e. The van der Waals surface area contributed by atoms with Crippen LogP contribution in [-0.2, 0) is 12.8 Å². The summed E-state index contributed by atoms with van der Waals surface area (Å²) in [7, 11) is 0. The van der Waals surface area contributed by atoms with Crippen LogP contribution in [0.1, 0.15) is 28.9 Å². The van der Waals surface area contributed by atoms with Gasteiger partial charge in [0.1, 0.15) is 0 Å². The van der Waals surface area contributed by atoms with Gasteiger partial charge in [-0.15, -0.1) is 11.3 Å². The molecular formula is C26H21N3OS2. The fourth-order valence-corrected chi connectivity index (χ4v) is 6.09. The Hall–Kier alpha value is -2.96. The van der Waals surface area contributed by atoms with Crippen molar-refractivity contribution in [2.75, 3.05) is 5.75 Å². The molecular weight excluding hydrogens is 434 g/mol. The van der Waals surface area contributed by atoms with Crippen molar-refractivity contribution in [1.29, 1.82) is 0 Å². The zero-order valence-corrected chi connectivity index (χ0v) is 19.1. The van der Waals surface area contributed by atoms with E-state index in [9.17, 15) is 4.79 Å². The predicted molar refractivity (Wildman–Crippen MR) is 133 cm³/mol. The molecule has 2 aromatic carbocycles. The number of hydrogen-bond donors (Lipinski definition) is 0. The molecule has 1 aliphatic rings. The van der Waals surface area contributed by atoms with E-state index >= 15 is 0 Å². The second kappa shape index (κ2) is 8.19. The van der Waals surface area contributed by atoms with Crippen LogP contribution in [0.15, 0.2) is 71.2 Å². The van der Waals surface area contributed by atoms with Gasteiger partial charge in [-0.25, -0.2) is 9.97 Å². The standard InChI is InChI=1S/C26H21N3OS2/c30-24(29-21-12-5-2-8-17(21)18-9-3-6-13-22(18)29)16-32-26-27-20-11-4-1-10-19(20)25(28-26)23-14-7-15-31-23/h2-3,5-9,12-15H,1,4,10-11,16H2. The lowest BCUT2D eigenvalue weighted by Crippen LogP contribution is -2.14. The van der Waals surface area contributed by atoms with Crippen LogP contribution in [-0.4, -0.2) is 26.2 Å². The van der Waals surface area contributed by atoms with E-state index in [2.05, 4.69) is 29.6 Å². The Balaban J connectivity index is 1.35. The maximum absolute atomic E-state index is 13.4. The largest absolute Gasteiger partial charge is 0.279 e. The van der Waals surface area contributed by atoms with E-state index in [0.717, 1.165) is 52.5 Å². The minimum absolute atomic E-state index is 0.0476. The second-order valence-electron chi connectivity index (χ2n) is 8.02. The molecule has 0 radical (unpaired) electrons. The highest BCUT2D eigenvalue weighted by molar-refractivity contribution is 7.99. The normalized spacial score (nSPS) is 13.5. The summed E-state index contributed by atoms with van der Waals surface area (Å²) in [6.07, 6.45) is 4.38. The van der Waals surface area contributed by atoms with Gasteiger partial charge in [0.25, 0.3) is 0 Å². The summed E-state index contributed by atoms with van der Waals surface area (Å²) in [6, 6.07) is 20.4. The monoisotopic (exact) mass is 455 g/mol. The number of carbonyl (C=O) groups is 1. The minimum atomic E-state index is 0.0476. The first kappa shape index (κ1) is 19.7. The summed E-state index contributed by atoms with van der Waals surface area (Å²) in [6.45, 7) is 0. The van der Waals surface area contributed by atoms with Gasteiger partial charge in [-0.2, -0.15) is 0 Å². The number of benzene rings is 2. The Labute approximate surface area is 194 Å². The summed E-state index contributed by atoms with van der Waals surface area (Å²) in [5, 5.41) is 4.99. The van der Waals surface area contributed by atoms with Crippen molar-refractivity contribution in [1.82, 2.24) is 14.5 Å². The van der Waals surface area contributed by atoms with E-state index in [0.29, 0.717) is 10.9 Å². The van der Waals surface area contributed by atoms with Crippen LogP contribution in [0, 0.1) is 0 Å². The predicted octanol–water partition coefficient (Wildman–Crippen LogP) is 6.62. The topological polar surface area (TPSA) is 47.8 Å². The van der Waals surface area contributed by atoms with Gasteiger partial charge in [0.2, 0.25) is 5.91 Å². The van der Waals surface area contributed by atoms with Crippen molar-refractivity contribution in [3.63, 3.8) is 0 Å². The van der Waals surface area contributed by atoms with Crippen molar-refractivity contribution in [2.45, 2.75) is 30.8 Å². The van der Waals surface area contributed by atoms with Gasteiger partial charge in [0.05, 0.1) is 27.4 Å². The molecule has 0 spiro atoms. The van der Waals surface area contributed by atoms with Gasteiger partial charge < -0.3 is 0 Å². The Morgan fingerprint density at radius 2 is 1.62 bits per heavy atom. The van der Waals surface area contributed by atoms with E-state index in [1.165, 1.54) is 28.6 Å². The lowest BCUT2D eigenvalue weighted by Gasteiger charge is -2.18. The Morgan fingerprint density at radius 3 is 2.34 bits per heavy atom. The fraction of sp³-hybridized carbons (Fsp3) is 0.192. The van der Waals surface area contributed by atoms with Crippen molar-refractivity contribution < 1.29 is 4.79 Å². The maximum atomic E-state index is 13.4. The third kappa shape index (κ3) is 3.34. The average Bonchev–Trinajstić information content (AvgIpc) is 3.49. The van der Waals surface area contributed by atoms with Crippen LogP contribution >= 0.6 is 23.1 Å². The molecule has 6 heteroatoms. The van der Waals surface area contributed by atoms with Crippen LogP contribution in [0.3, 0.4) is 0 Å². The molecule has 0 atom stereocenters. The molecule has 158 valence electrons. The lowest BCUT2D eigenvalue weighted by molar-refractivity contribution is 0.0951. The molecule has 0 bridgehead atoms. The zero-order valence-electron chi connectivity index (χ0n) is 17.5.